The standard InChI is InChI=1S/C15H9ClN2O3/c16-10-3-1-2-9(6-10)15(19)13-8-17-14-5-4-11(18(20)21)7-12(13)14/h1-8,17H. The number of ketones is 1. The first-order valence-corrected chi connectivity index (χ1v) is 6.50. The Morgan fingerprint density at radius 3 is 2.71 bits per heavy atom. The fourth-order valence-electron chi connectivity index (χ4n) is 2.20. The number of benzene rings is 2. The Labute approximate surface area is 124 Å². The number of halogens is 1. The van der Waals surface area contributed by atoms with Gasteiger partial charge in [-0.25, -0.2) is 0 Å². The zero-order chi connectivity index (χ0) is 15.0. The molecule has 1 heterocycles. The minimum atomic E-state index is -0.486. The van der Waals surface area contributed by atoms with E-state index >= 15 is 0 Å². The molecular formula is C15H9ClN2O3. The van der Waals surface area contributed by atoms with Crippen molar-refractivity contribution in [2.75, 3.05) is 0 Å². The van der Waals surface area contributed by atoms with Crippen molar-refractivity contribution in [1.29, 1.82) is 0 Å². The van der Waals surface area contributed by atoms with Crippen molar-refractivity contribution in [3.63, 3.8) is 0 Å². The number of nitro groups is 1. The lowest BCUT2D eigenvalue weighted by molar-refractivity contribution is -0.384. The molecule has 0 spiro atoms. The quantitative estimate of drug-likeness (QED) is 0.452. The molecule has 0 aliphatic heterocycles. The molecule has 104 valence electrons. The van der Waals surface area contributed by atoms with Crippen LogP contribution in [0.2, 0.25) is 5.02 Å². The summed E-state index contributed by atoms with van der Waals surface area (Å²) in [4.78, 5) is 25.8. The zero-order valence-corrected chi connectivity index (χ0v) is 11.4. The first-order chi connectivity index (χ1) is 10.1. The van der Waals surface area contributed by atoms with Gasteiger partial charge in [0.05, 0.1) is 4.92 Å². The topological polar surface area (TPSA) is 76.0 Å². The van der Waals surface area contributed by atoms with Crippen molar-refractivity contribution in [3.8, 4) is 0 Å². The molecule has 1 aromatic heterocycles. The van der Waals surface area contributed by atoms with E-state index in [-0.39, 0.29) is 11.5 Å². The second-order valence-corrected chi connectivity index (χ2v) is 4.97. The Balaban J connectivity index is 2.14. The largest absolute Gasteiger partial charge is 0.360 e. The molecule has 0 bridgehead atoms. The molecule has 6 heteroatoms. The number of nitrogens with zero attached hydrogens (tertiary/aromatic N) is 1. The summed E-state index contributed by atoms with van der Waals surface area (Å²) in [5.41, 5.74) is 1.44. The number of rotatable bonds is 3. The summed E-state index contributed by atoms with van der Waals surface area (Å²) in [6.45, 7) is 0. The molecule has 21 heavy (non-hydrogen) atoms. The zero-order valence-electron chi connectivity index (χ0n) is 10.7. The van der Waals surface area contributed by atoms with Crippen molar-refractivity contribution in [2.24, 2.45) is 0 Å². The average Bonchev–Trinajstić information content (AvgIpc) is 2.89. The Hall–Kier alpha value is -2.66. The van der Waals surface area contributed by atoms with Crippen LogP contribution in [0.1, 0.15) is 15.9 Å². The second-order valence-electron chi connectivity index (χ2n) is 4.53. The highest BCUT2D eigenvalue weighted by atomic mass is 35.5. The van der Waals surface area contributed by atoms with E-state index in [1.54, 1.807) is 36.5 Å². The summed E-state index contributed by atoms with van der Waals surface area (Å²) in [7, 11) is 0. The van der Waals surface area contributed by atoms with Crippen molar-refractivity contribution in [1.82, 2.24) is 4.98 Å². The summed E-state index contributed by atoms with van der Waals surface area (Å²) < 4.78 is 0. The number of hydrogen-bond donors (Lipinski definition) is 1. The number of fused-ring (bicyclic) bond motifs is 1. The summed E-state index contributed by atoms with van der Waals surface area (Å²) in [5, 5.41) is 11.8. The smallest absolute Gasteiger partial charge is 0.270 e. The van der Waals surface area contributed by atoms with E-state index in [0.29, 0.717) is 27.1 Å². The number of hydrogen-bond acceptors (Lipinski definition) is 3. The number of nitro benzene ring substituents is 1. The van der Waals surface area contributed by atoms with Crippen LogP contribution in [0, 0.1) is 10.1 Å². The van der Waals surface area contributed by atoms with E-state index in [0.717, 1.165) is 0 Å². The molecule has 3 aromatic rings. The molecule has 0 saturated heterocycles. The Kier molecular flexibility index (Phi) is 3.19. The van der Waals surface area contributed by atoms with Crippen LogP contribution in [-0.4, -0.2) is 15.7 Å². The predicted octanol–water partition coefficient (Wildman–Crippen LogP) is 3.96. The molecule has 0 unspecified atom stereocenters. The number of H-pyrrole nitrogens is 1. The van der Waals surface area contributed by atoms with Crippen molar-refractivity contribution in [2.45, 2.75) is 0 Å². The van der Waals surface area contributed by atoms with Crippen LogP contribution in [-0.2, 0) is 0 Å². The van der Waals surface area contributed by atoms with Gasteiger partial charge in [-0.05, 0) is 18.2 Å². The lowest BCUT2D eigenvalue weighted by Gasteiger charge is -2.00. The van der Waals surface area contributed by atoms with E-state index in [2.05, 4.69) is 4.98 Å². The monoisotopic (exact) mass is 300 g/mol. The van der Waals surface area contributed by atoms with Gasteiger partial charge in [0, 0.05) is 45.4 Å². The molecular weight excluding hydrogens is 292 g/mol. The fourth-order valence-corrected chi connectivity index (χ4v) is 2.39. The lowest BCUT2D eigenvalue weighted by Crippen LogP contribution is -2.00. The lowest BCUT2D eigenvalue weighted by atomic mass is 10.0. The van der Waals surface area contributed by atoms with Crippen molar-refractivity contribution in [3.05, 3.63) is 74.9 Å². The molecule has 3 rings (SSSR count). The Morgan fingerprint density at radius 1 is 1.19 bits per heavy atom. The van der Waals surface area contributed by atoms with E-state index < -0.39 is 4.92 Å². The molecule has 0 amide bonds. The Morgan fingerprint density at radius 2 is 2.00 bits per heavy atom. The Bertz CT molecular complexity index is 870. The summed E-state index contributed by atoms with van der Waals surface area (Å²) in [6, 6.07) is 11.0. The summed E-state index contributed by atoms with van der Waals surface area (Å²) >= 11 is 5.89. The van der Waals surface area contributed by atoms with Gasteiger partial charge in [0.2, 0.25) is 0 Å². The molecule has 0 fully saturated rings. The van der Waals surface area contributed by atoms with Crippen LogP contribution < -0.4 is 0 Å². The minimum absolute atomic E-state index is 0.0535. The summed E-state index contributed by atoms with van der Waals surface area (Å²) in [6.07, 6.45) is 1.55. The van der Waals surface area contributed by atoms with E-state index in [1.165, 1.54) is 12.1 Å². The average molecular weight is 301 g/mol. The molecule has 0 aliphatic rings. The molecule has 0 saturated carbocycles. The van der Waals surface area contributed by atoms with Gasteiger partial charge in [-0.2, -0.15) is 0 Å². The van der Waals surface area contributed by atoms with Crippen LogP contribution in [0.3, 0.4) is 0 Å². The number of non-ortho nitro benzene ring substituents is 1. The highest BCUT2D eigenvalue weighted by Crippen LogP contribution is 2.26. The van der Waals surface area contributed by atoms with Gasteiger partial charge < -0.3 is 4.98 Å². The molecule has 2 aromatic carbocycles. The van der Waals surface area contributed by atoms with Gasteiger partial charge in [0.1, 0.15) is 0 Å². The van der Waals surface area contributed by atoms with Gasteiger partial charge in [0.15, 0.2) is 5.78 Å². The van der Waals surface area contributed by atoms with E-state index in [1.807, 2.05) is 0 Å². The highest BCUT2D eigenvalue weighted by molar-refractivity contribution is 6.31. The first kappa shape index (κ1) is 13.3. The van der Waals surface area contributed by atoms with Crippen LogP contribution in [0.15, 0.2) is 48.7 Å². The van der Waals surface area contributed by atoms with Crippen molar-refractivity contribution >= 4 is 34.0 Å². The molecule has 5 nitrogen and oxygen atoms in total. The SMILES string of the molecule is O=C(c1cccc(Cl)c1)c1c[nH]c2ccc([N+](=O)[O-])cc12. The number of nitrogens with one attached hydrogen (secondary N) is 1. The maximum absolute atomic E-state index is 12.5. The van der Waals surface area contributed by atoms with Crippen LogP contribution in [0.5, 0.6) is 0 Å². The van der Waals surface area contributed by atoms with Gasteiger partial charge in [-0.15, -0.1) is 0 Å². The normalized spacial score (nSPS) is 10.7. The predicted molar refractivity (Wildman–Crippen MR) is 79.8 cm³/mol. The minimum Gasteiger partial charge on any atom is -0.360 e. The highest BCUT2D eigenvalue weighted by Gasteiger charge is 2.17. The number of aromatic amines is 1. The first-order valence-electron chi connectivity index (χ1n) is 6.12. The van der Waals surface area contributed by atoms with Gasteiger partial charge in [-0.1, -0.05) is 23.7 Å². The van der Waals surface area contributed by atoms with Crippen LogP contribution in [0.25, 0.3) is 10.9 Å². The second kappa shape index (κ2) is 5.03. The number of aromatic nitrogens is 1. The van der Waals surface area contributed by atoms with Crippen LogP contribution in [0.4, 0.5) is 5.69 Å². The maximum atomic E-state index is 12.5. The van der Waals surface area contributed by atoms with Gasteiger partial charge >= 0.3 is 0 Å². The molecule has 0 aliphatic carbocycles. The third kappa shape index (κ3) is 2.39. The summed E-state index contributed by atoms with van der Waals surface area (Å²) in [5.74, 6) is -0.232. The maximum Gasteiger partial charge on any atom is 0.270 e. The molecule has 0 atom stereocenters. The third-order valence-electron chi connectivity index (χ3n) is 3.21. The number of carbonyl (C=O) groups is 1. The molecule has 1 N–H and O–H groups in total. The van der Waals surface area contributed by atoms with E-state index in [9.17, 15) is 14.9 Å². The molecule has 0 radical (unpaired) electrons. The van der Waals surface area contributed by atoms with Gasteiger partial charge in [0.25, 0.3) is 5.69 Å². The van der Waals surface area contributed by atoms with Gasteiger partial charge in [-0.3, -0.25) is 14.9 Å². The van der Waals surface area contributed by atoms with E-state index in [4.69, 9.17) is 11.6 Å². The van der Waals surface area contributed by atoms with Crippen LogP contribution >= 0.6 is 11.6 Å². The fraction of sp³-hybridized carbons (Fsp3) is 0. The third-order valence-corrected chi connectivity index (χ3v) is 3.44. The number of carbonyl (C=O) groups excluding carboxylic acids is 1. The van der Waals surface area contributed by atoms with Crippen molar-refractivity contribution < 1.29 is 9.72 Å².